The maximum absolute atomic E-state index is 3.71. The summed E-state index contributed by atoms with van der Waals surface area (Å²) in [5.74, 6) is 0.915. The van der Waals surface area contributed by atoms with Crippen molar-refractivity contribution in [1.29, 1.82) is 0 Å². The van der Waals surface area contributed by atoms with Crippen LogP contribution >= 0.6 is 34.0 Å². The standard InChI is InChI=1S/C14H20N2.2BrH/c1-2-4-11(5-3-1)9-16-14-8-12-6-7-13(14)15-10-12;;/h1-5,12-16H,6-10H2;2*1H/t12-,13+,14-;;/m0../s1. The van der Waals surface area contributed by atoms with Gasteiger partial charge < -0.3 is 10.6 Å². The Balaban J connectivity index is 0.000000810. The van der Waals surface area contributed by atoms with E-state index in [2.05, 4.69) is 41.0 Å². The van der Waals surface area contributed by atoms with Gasteiger partial charge in [-0.05, 0) is 37.3 Å². The summed E-state index contributed by atoms with van der Waals surface area (Å²) in [6.07, 6.45) is 4.16. The summed E-state index contributed by atoms with van der Waals surface area (Å²) in [5, 5.41) is 7.35. The molecule has 0 spiro atoms. The molecule has 0 unspecified atom stereocenters. The summed E-state index contributed by atoms with van der Waals surface area (Å²) in [7, 11) is 0. The molecule has 2 heterocycles. The molecule has 3 fully saturated rings. The Bertz CT molecular complexity index is 337. The number of rotatable bonds is 3. The predicted molar refractivity (Wildman–Crippen MR) is 86.8 cm³/mol. The Morgan fingerprint density at radius 2 is 1.89 bits per heavy atom. The molecule has 0 radical (unpaired) electrons. The van der Waals surface area contributed by atoms with E-state index in [1.165, 1.54) is 31.4 Å². The van der Waals surface area contributed by atoms with Crippen LogP contribution in [0, 0.1) is 5.92 Å². The van der Waals surface area contributed by atoms with Gasteiger partial charge >= 0.3 is 0 Å². The van der Waals surface area contributed by atoms with Gasteiger partial charge in [0.2, 0.25) is 0 Å². The fourth-order valence-electron chi connectivity index (χ4n) is 3.08. The average Bonchev–Trinajstić information content (AvgIpc) is 2.39. The van der Waals surface area contributed by atoms with E-state index in [4.69, 9.17) is 0 Å². The van der Waals surface area contributed by atoms with Crippen molar-refractivity contribution in [1.82, 2.24) is 10.6 Å². The average molecular weight is 378 g/mol. The van der Waals surface area contributed by atoms with Crippen molar-refractivity contribution in [2.24, 2.45) is 5.92 Å². The van der Waals surface area contributed by atoms with E-state index in [0.717, 1.165) is 12.5 Å². The molecule has 4 heteroatoms. The summed E-state index contributed by atoms with van der Waals surface area (Å²) >= 11 is 0. The van der Waals surface area contributed by atoms with Crippen molar-refractivity contribution in [2.75, 3.05) is 6.54 Å². The highest BCUT2D eigenvalue weighted by Gasteiger charge is 2.34. The lowest BCUT2D eigenvalue weighted by atomic mass is 9.78. The molecule has 2 nitrogen and oxygen atoms in total. The third kappa shape index (κ3) is 3.80. The van der Waals surface area contributed by atoms with Crippen molar-refractivity contribution in [3.05, 3.63) is 35.9 Å². The van der Waals surface area contributed by atoms with Crippen LogP contribution in [0.4, 0.5) is 0 Å². The molecule has 0 amide bonds. The third-order valence-corrected chi connectivity index (χ3v) is 4.04. The molecule has 1 saturated carbocycles. The van der Waals surface area contributed by atoms with E-state index in [9.17, 15) is 0 Å². The molecule has 4 rings (SSSR count). The van der Waals surface area contributed by atoms with Crippen LogP contribution in [-0.4, -0.2) is 18.6 Å². The second-order valence-corrected chi connectivity index (χ2v) is 5.17. The monoisotopic (exact) mass is 376 g/mol. The minimum absolute atomic E-state index is 0. The van der Waals surface area contributed by atoms with Gasteiger partial charge in [-0.1, -0.05) is 30.3 Å². The number of piperidine rings is 2. The zero-order valence-corrected chi connectivity index (χ0v) is 13.9. The van der Waals surface area contributed by atoms with Crippen LogP contribution in [0.1, 0.15) is 24.8 Å². The molecule has 2 bridgehead atoms. The smallest absolute Gasteiger partial charge is 0.0227 e. The molecule has 3 atom stereocenters. The topological polar surface area (TPSA) is 24.1 Å². The van der Waals surface area contributed by atoms with E-state index in [1.807, 2.05) is 0 Å². The fraction of sp³-hybridized carbons (Fsp3) is 0.571. The quantitative estimate of drug-likeness (QED) is 0.845. The molecule has 18 heavy (non-hydrogen) atoms. The second-order valence-electron chi connectivity index (χ2n) is 5.17. The molecule has 3 aliphatic rings. The Morgan fingerprint density at radius 1 is 1.11 bits per heavy atom. The molecule has 1 aliphatic carbocycles. The normalized spacial score (nSPS) is 29.2. The van der Waals surface area contributed by atoms with Crippen molar-refractivity contribution >= 4 is 34.0 Å². The van der Waals surface area contributed by atoms with E-state index in [-0.39, 0.29) is 34.0 Å². The molecule has 0 aromatic heterocycles. The summed E-state index contributed by atoms with van der Waals surface area (Å²) in [4.78, 5) is 0. The van der Waals surface area contributed by atoms with Crippen molar-refractivity contribution < 1.29 is 0 Å². The molecule has 2 N–H and O–H groups in total. The molecule has 1 aromatic carbocycles. The maximum atomic E-state index is 3.71. The highest BCUT2D eigenvalue weighted by atomic mass is 79.9. The van der Waals surface area contributed by atoms with Crippen molar-refractivity contribution in [3.8, 4) is 0 Å². The SMILES string of the molecule is Br.Br.c1ccc(CN[C@H]2C[C@@H]3CC[C@H]2NC3)cc1. The zero-order valence-electron chi connectivity index (χ0n) is 10.5. The third-order valence-electron chi connectivity index (χ3n) is 4.04. The molecular weight excluding hydrogens is 356 g/mol. The van der Waals surface area contributed by atoms with Gasteiger partial charge in [0.25, 0.3) is 0 Å². The number of benzene rings is 1. The lowest BCUT2D eigenvalue weighted by molar-refractivity contribution is 0.159. The first-order valence-electron chi connectivity index (χ1n) is 6.42. The first kappa shape index (κ1) is 16.2. The molecular formula is C14H22Br2N2. The molecule has 2 saturated heterocycles. The largest absolute Gasteiger partial charge is 0.312 e. The van der Waals surface area contributed by atoms with E-state index in [1.54, 1.807) is 0 Å². The van der Waals surface area contributed by atoms with Crippen LogP contribution in [0.25, 0.3) is 0 Å². The van der Waals surface area contributed by atoms with Gasteiger partial charge in [-0.3, -0.25) is 0 Å². The summed E-state index contributed by atoms with van der Waals surface area (Å²) < 4.78 is 0. The minimum atomic E-state index is 0. The molecule has 102 valence electrons. The lowest BCUT2D eigenvalue weighted by Gasteiger charge is -2.43. The first-order valence-corrected chi connectivity index (χ1v) is 6.42. The first-order chi connectivity index (χ1) is 7.92. The molecule has 2 aliphatic heterocycles. The minimum Gasteiger partial charge on any atom is -0.312 e. The van der Waals surface area contributed by atoms with Crippen molar-refractivity contribution in [3.63, 3.8) is 0 Å². The summed E-state index contributed by atoms with van der Waals surface area (Å²) in [5.41, 5.74) is 1.39. The number of hydrogen-bond donors (Lipinski definition) is 2. The zero-order chi connectivity index (χ0) is 10.8. The van der Waals surface area contributed by atoms with Gasteiger partial charge in [0.15, 0.2) is 0 Å². The van der Waals surface area contributed by atoms with Crippen LogP contribution in [0.2, 0.25) is 0 Å². The van der Waals surface area contributed by atoms with Crippen LogP contribution in [0.5, 0.6) is 0 Å². The van der Waals surface area contributed by atoms with Gasteiger partial charge in [0, 0.05) is 18.6 Å². The van der Waals surface area contributed by atoms with Crippen LogP contribution in [-0.2, 0) is 6.54 Å². The van der Waals surface area contributed by atoms with Crippen LogP contribution in [0.15, 0.2) is 30.3 Å². The van der Waals surface area contributed by atoms with E-state index < -0.39 is 0 Å². The number of halogens is 2. The van der Waals surface area contributed by atoms with Gasteiger partial charge in [0.05, 0.1) is 0 Å². The highest BCUT2D eigenvalue weighted by molar-refractivity contribution is 8.93. The number of nitrogens with one attached hydrogen (secondary N) is 2. The number of hydrogen-bond acceptors (Lipinski definition) is 2. The van der Waals surface area contributed by atoms with E-state index in [0.29, 0.717) is 12.1 Å². The van der Waals surface area contributed by atoms with Gasteiger partial charge in [-0.25, -0.2) is 0 Å². The predicted octanol–water partition coefficient (Wildman–Crippen LogP) is 3.07. The fourth-order valence-corrected chi connectivity index (χ4v) is 3.08. The van der Waals surface area contributed by atoms with Gasteiger partial charge in [-0.2, -0.15) is 0 Å². The van der Waals surface area contributed by atoms with Crippen LogP contribution in [0.3, 0.4) is 0 Å². The maximum Gasteiger partial charge on any atom is 0.0227 e. The van der Waals surface area contributed by atoms with E-state index >= 15 is 0 Å². The summed E-state index contributed by atoms with van der Waals surface area (Å²) in [6, 6.07) is 12.1. The highest BCUT2D eigenvalue weighted by Crippen LogP contribution is 2.29. The Hall–Kier alpha value is 0.100. The van der Waals surface area contributed by atoms with Crippen molar-refractivity contribution in [2.45, 2.75) is 37.9 Å². The Kier molecular flexibility index (Phi) is 6.85. The molecule has 1 aromatic rings. The second kappa shape index (κ2) is 7.63. The van der Waals surface area contributed by atoms with Gasteiger partial charge in [0.1, 0.15) is 0 Å². The Morgan fingerprint density at radius 3 is 2.44 bits per heavy atom. The summed E-state index contributed by atoms with van der Waals surface area (Å²) in [6.45, 7) is 2.25. The number of fused-ring (bicyclic) bond motifs is 3. The lowest BCUT2D eigenvalue weighted by Crippen LogP contribution is -2.58. The van der Waals surface area contributed by atoms with Gasteiger partial charge in [-0.15, -0.1) is 34.0 Å². The Labute approximate surface area is 130 Å². The van der Waals surface area contributed by atoms with Crippen LogP contribution < -0.4 is 10.6 Å².